The molecule has 0 spiro atoms. The molecule has 5 nitrogen and oxygen atoms in total. The predicted octanol–water partition coefficient (Wildman–Crippen LogP) is 6.46. The number of Topliss-reactive ketones (excluding diaryl/α,β-unsaturated/α-hetero) is 1. The van der Waals surface area contributed by atoms with Gasteiger partial charge in [0.05, 0.1) is 12.3 Å². The summed E-state index contributed by atoms with van der Waals surface area (Å²) in [6.45, 7) is 6.52. The molecule has 2 aliphatic rings. The van der Waals surface area contributed by atoms with Crippen molar-refractivity contribution < 1.29 is 9.53 Å². The summed E-state index contributed by atoms with van der Waals surface area (Å²) in [6, 6.07) is 17.0. The van der Waals surface area contributed by atoms with Crippen molar-refractivity contribution in [2.75, 3.05) is 6.61 Å². The Morgan fingerprint density at radius 1 is 1.05 bits per heavy atom. The highest BCUT2D eigenvalue weighted by Gasteiger charge is 2.29. The fourth-order valence-corrected chi connectivity index (χ4v) is 6.56. The third-order valence-electron chi connectivity index (χ3n) is 8.42. The number of carbonyl (C=O) groups excluding carboxylic acids is 1. The van der Waals surface area contributed by atoms with Gasteiger partial charge >= 0.3 is 0 Å². The van der Waals surface area contributed by atoms with E-state index >= 15 is 0 Å². The zero-order chi connectivity index (χ0) is 27.3. The van der Waals surface area contributed by atoms with E-state index in [4.69, 9.17) is 9.72 Å². The van der Waals surface area contributed by atoms with Gasteiger partial charge < -0.3 is 14.1 Å². The standard InChI is InChI=1S/C34H34N2O3/c1-20-12-26(24-10-11-36(4)32(38)17-24)13-21(2)33(20)30-7-5-6-28-25(8-9-29(28)30)15-23-16-31-34(35-18-23)27(19-39-31)14-22(3)37/h5-7,10-13,16-18,25,27H,8-9,14-15,19H2,1-4H3/t25-,27?/m0/s1. The molecule has 1 unspecified atom stereocenters. The normalized spacial score (nSPS) is 17.5. The maximum absolute atomic E-state index is 12.2. The Labute approximate surface area is 229 Å². The van der Waals surface area contributed by atoms with Gasteiger partial charge in [-0.2, -0.15) is 0 Å². The van der Waals surface area contributed by atoms with Crippen LogP contribution in [-0.4, -0.2) is 21.9 Å². The number of hydrogen-bond acceptors (Lipinski definition) is 4. The maximum Gasteiger partial charge on any atom is 0.250 e. The average molecular weight is 519 g/mol. The lowest BCUT2D eigenvalue weighted by atomic mass is 9.87. The van der Waals surface area contributed by atoms with Crippen LogP contribution in [0.4, 0.5) is 0 Å². The summed E-state index contributed by atoms with van der Waals surface area (Å²) in [5.74, 6) is 1.53. The molecule has 4 aromatic rings. The number of ether oxygens (including phenoxy) is 1. The summed E-state index contributed by atoms with van der Waals surface area (Å²) in [7, 11) is 1.77. The van der Waals surface area contributed by atoms with Crippen molar-refractivity contribution in [2.24, 2.45) is 7.05 Å². The van der Waals surface area contributed by atoms with E-state index < -0.39 is 0 Å². The van der Waals surface area contributed by atoms with E-state index in [9.17, 15) is 9.59 Å². The minimum Gasteiger partial charge on any atom is -0.491 e. The van der Waals surface area contributed by atoms with Gasteiger partial charge in [0.2, 0.25) is 0 Å². The van der Waals surface area contributed by atoms with E-state index in [-0.39, 0.29) is 17.3 Å². The summed E-state index contributed by atoms with van der Waals surface area (Å²) >= 11 is 0. The number of fused-ring (bicyclic) bond motifs is 2. The Balaban J connectivity index is 1.28. The number of hydrogen-bond donors (Lipinski definition) is 0. The Bertz CT molecular complexity index is 1640. The SMILES string of the molecule is CC(=O)CC1COc2cc(C[C@@H]3CCc4c(-c5c(C)cc(-c6ccn(C)c(=O)c6)cc5C)cccc43)cnc21. The van der Waals surface area contributed by atoms with Crippen LogP contribution in [0.2, 0.25) is 0 Å². The Hall–Kier alpha value is -3.99. The number of benzene rings is 2. The highest BCUT2D eigenvalue weighted by atomic mass is 16.5. The summed E-state index contributed by atoms with van der Waals surface area (Å²) in [5, 5.41) is 0. The molecule has 0 saturated carbocycles. The number of ketones is 1. The van der Waals surface area contributed by atoms with Crippen molar-refractivity contribution in [3.05, 3.63) is 105 Å². The third-order valence-corrected chi connectivity index (χ3v) is 8.42. The number of aryl methyl sites for hydroxylation is 3. The molecule has 39 heavy (non-hydrogen) atoms. The summed E-state index contributed by atoms with van der Waals surface area (Å²) in [6.07, 6.45) is 7.39. The summed E-state index contributed by atoms with van der Waals surface area (Å²) in [4.78, 5) is 28.5. The van der Waals surface area contributed by atoms with Crippen molar-refractivity contribution in [2.45, 2.75) is 58.3 Å². The largest absolute Gasteiger partial charge is 0.491 e. The highest BCUT2D eigenvalue weighted by molar-refractivity contribution is 5.79. The second-order valence-corrected chi connectivity index (χ2v) is 11.3. The Morgan fingerprint density at radius 3 is 2.59 bits per heavy atom. The van der Waals surface area contributed by atoms with E-state index in [1.807, 2.05) is 18.5 Å². The van der Waals surface area contributed by atoms with E-state index in [2.05, 4.69) is 50.2 Å². The molecule has 2 aromatic heterocycles. The first-order valence-corrected chi connectivity index (χ1v) is 13.8. The van der Waals surface area contributed by atoms with Gasteiger partial charge in [0, 0.05) is 37.8 Å². The predicted molar refractivity (Wildman–Crippen MR) is 155 cm³/mol. The van der Waals surface area contributed by atoms with E-state index in [0.717, 1.165) is 41.8 Å². The van der Waals surface area contributed by atoms with Crippen molar-refractivity contribution in [3.8, 4) is 28.0 Å². The van der Waals surface area contributed by atoms with E-state index in [0.29, 0.717) is 18.9 Å². The Kier molecular flexibility index (Phi) is 6.46. The molecule has 0 bridgehead atoms. The van der Waals surface area contributed by atoms with Gasteiger partial charge in [-0.05, 0) is 108 Å². The van der Waals surface area contributed by atoms with Crippen LogP contribution >= 0.6 is 0 Å². The lowest BCUT2D eigenvalue weighted by molar-refractivity contribution is -0.117. The molecule has 0 radical (unpaired) electrons. The summed E-state index contributed by atoms with van der Waals surface area (Å²) < 4.78 is 7.51. The molecule has 3 heterocycles. The average Bonchev–Trinajstić information content (AvgIpc) is 3.49. The van der Waals surface area contributed by atoms with Crippen molar-refractivity contribution >= 4 is 5.78 Å². The number of aromatic nitrogens is 2. The topological polar surface area (TPSA) is 61.2 Å². The van der Waals surface area contributed by atoms with Crippen LogP contribution in [0.15, 0.2) is 65.7 Å². The Morgan fingerprint density at radius 2 is 1.85 bits per heavy atom. The first-order valence-electron chi connectivity index (χ1n) is 13.8. The lowest BCUT2D eigenvalue weighted by Crippen LogP contribution is -2.14. The quantitative estimate of drug-likeness (QED) is 0.294. The molecular weight excluding hydrogens is 484 g/mol. The van der Waals surface area contributed by atoms with Gasteiger partial charge in [0.1, 0.15) is 11.5 Å². The van der Waals surface area contributed by atoms with Gasteiger partial charge in [0.15, 0.2) is 0 Å². The molecule has 2 aromatic carbocycles. The lowest BCUT2D eigenvalue weighted by Gasteiger charge is -2.18. The zero-order valence-electron chi connectivity index (χ0n) is 23.1. The molecule has 0 fully saturated rings. The monoisotopic (exact) mass is 518 g/mol. The first kappa shape index (κ1) is 25.3. The number of nitrogens with zero attached hydrogens (tertiary/aromatic N) is 2. The van der Waals surface area contributed by atoms with Crippen LogP contribution in [0.1, 0.15) is 65.1 Å². The van der Waals surface area contributed by atoms with Crippen LogP contribution in [-0.2, 0) is 24.7 Å². The molecule has 2 atom stereocenters. The van der Waals surface area contributed by atoms with Gasteiger partial charge in [-0.1, -0.05) is 30.3 Å². The number of carbonyl (C=O) groups is 1. The van der Waals surface area contributed by atoms with Gasteiger partial charge in [-0.15, -0.1) is 0 Å². The minimum atomic E-state index is -0.000171. The molecule has 198 valence electrons. The molecule has 6 rings (SSSR count). The zero-order valence-corrected chi connectivity index (χ0v) is 23.1. The molecular formula is C34H34N2O3. The van der Waals surface area contributed by atoms with Gasteiger partial charge in [-0.3, -0.25) is 9.78 Å². The minimum absolute atomic E-state index is 0.000171. The van der Waals surface area contributed by atoms with Crippen LogP contribution < -0.4 is 10.3 Å². The second kappa shape index (κ2) is 9.96. The van der Waals surface area contributed by atoms with Gasteiger partial charge in [-0.25, -0.2) is 0 Å². The molecule has 0 N–H and O–H groups in total. The molecule has 0 saturated heterocycles. The van der Waals surface area contributed by atoms with Crippen LogP contribution in [0, 0.1) is 13.8 Å². The third kappa shape index (κ3) is 4.71. The van der Waals surface area contributed by atoms with Crippen LogP contribution in [0.5, 0.6) is 5.75 Å². The fraction of sp³-hybridized carbons (Fsp3) is 0.324. The molecule has 0 amide bonds. The van der Waals surface area contributed by atoms with Gasteiger partial charge in [0.25, 0.3) is 5.56 Å². The highest BCUT2D eigenvalue weighted by Crippen LogP contribution is 2.43. The molecule has 5 heteroatoms. The van der Waals surface area contributed by atoms with E-state index in [1.165, 1.54) is 38.9 Å². The number of pyridine rings is 2. The van der Waals surface area contributed by atoms with Crippen molar-refractivity contribution in [1.29, 1.82) is 0 Å². The van der Waals surface area contributed by atoms with Crippen LogP contribution in [0.25, 0.3) is 22.3 Å². The van der Waals surface area contributed by atoms with E-state index in [1.54, 1.807) is 24.6 Å². The molecule has 1 aliphatic heterocycles. The fourth-order valence-electron chi connectivity index (χ4n) is 6.56. The smallest absolute Gasteiger partial charge is 0.250 e. The summed E-state index contributed by atoms with van der Waals surface area (Å²) in [5.41, 5.74) is 12.1. The second-order valence-electron chi connectivity index (χ2n) is 11.3. The van der Waals surface area contributed by atoms with Crippen molar-refractivity contribution in [3.63, 3.8) is 0 Å². The first-order chi connectivity index (χ1) is 18.8. The van der Waals surface area contributed by atoms with Crippen molar-refractivity contribution in [1.82, 2.24) is 9.55 Å². The van der Waals surface area contributed by atoms with Crippen LogP contribution in [0.3, 0.4) is 0 Å². The maximum atomic E-state index is 12.2. The number of rotatable bonds is 6. The molecule has 1 aliphatic carbocycles.